The van der Waals surface area contributed by atoms with Crippen LogP contribution in [0.1, 0.15) is 31.7 Å². The Morgan fingerprint density at radius 2 is 2.07 bits per heavy atom. The van der Waals surface area contributed by atoms with Crippen LogP contribution in [0.3, 0.4) is 0 Å². The van der Waals surface area contributed by atoms with E-state index in [2.05, 4.69) is 38.4 Å². The Morgan fingerprint density at radius 3 is 2.75 bits per heavy atom. The normalized spacial score (nSPS) is 16.5. The molecule has 2 aliphatic heterocycles. The first-order valence-electron chi connectivity index (χ1n) is 9.42. The van der Waals surface area contributed by atoms with Gasteiger partial charge in [-0.15, -0.1) is 24.0 Å². The monoisotopic (exact) mass is 566 g/mol. The van der Waals surface area contributed by atoms with Crippen molar-refractivity contribution in [2.75, 3.05) is 33.5 Å². The molecule has 7 nitrogen and oxygen atoms in total. The molecule has 0 saturated carbocycles. The summed E-state index contributed by atoms with van der Waals surface area (Å²) in [6.07, 6.45) is 2.63. The van der Waals surface area contributed by atoms with Crippen molar-refractivity contribution in [3.63, 3.8) is 0 Å². The topological polar surface area (TPSA) is 75.2 Å². The average Bonchev–Trinajstić information content (AvgIpc) is 3.15. The molecule has 0 bridgehead atoms. The Bertz CT molecular complexity index is 709. The summed E-state index contributed by atoms with van der Waals surface area (Å²) < 4.78 is 11.8. The number of rotatable bonds is 5. The lowest BCUT2D eigenvalue weighted by Gasteiger charge is -2.34. The molecule has 3 rings (SSSR count). The Kier molecular flexibility index (Phi) is 9.13. The second-order valence-electron chi connectivity index (χ2n) is 6.79. The molecule has 0 spiro atoms. The molecule has 2 heterocycles. The first-order valence-corrected chi connectivity index (χ1v) is 10.2. The molecule has 1 saturated heterocycles. The van der Waals surface area contributed by atoms with Crippen LogP contribution in [0.25, 0.3) is 0 Å². The van der Waals surface area contributed by atoms with Crippen molar-refractivity contribution in [2.45, 2.75) is 32.7 Å². The fourth-order valence-corrected chi connectivity index (χ4v) is 4.02. The lowest BCUT2D eigenvalue weighted by Crippen LogP contribution is -2.46. The summed E-state index contributed by atoms with van der Waals surface area (Å²) in [4.78, 5) is 18.7. The molecular weight excluding hydrogens is 539 g/mol. The fraction of sp³-hybridized carbons (Fsp3) is 0.579. The van der Waals surface area contributed by atoms with Crippen LogP contribution in [0.5, 0.6) is 11.5 Å². The number of amides is 1. The maximum atomic E-state index is 11.6. The van der Waals surface area contributed by atoms with Gasteiger partial charge in [-0.3, -0.25) is 4.79 Å². The van der Waals surface area contributed by atoms with Gasteiger partial charge in [0.1, 0.15) is 0 Å². The van der Waals surface area contributed by atoms with E-state index in [0.717, 1.165) is 60.0 Å². The maximum Gasteiger partial charge on any atom is 0.231 e. The standard InChI is InChI=1S/C19H27BrN4O3.HI/c1-3-22-19(24-6-4-13(5-7-24)10-17(25)21-2)23-11-14-8-15(20)18-16(9-14)26-12-27-18;/h8-9,13H,3-7,10-12H2,1-2H3,(H,21,25)(H,22,23);1H. The Labute approximate surface area is 191 Å². The number of guanidine groups is 1. The van der Waals surface area contributed by atoms with Crippen molar-refractivity contribution in [3.8, 4) is 11.5 Å². The van der Waals surface area contributed by atoms with Gasteiger partial charge in [0.2, 0.25) is 12.7 Å². The largest absolute Gasteiger partial charge is 0.454 e. The van der Waals surface area contributed by atoms with Crippen molar-refractivity contribution >= 4 is 51.8 Å². The van der Waals surface area contributed by atoms with Crippen LogP contribution in [0.4, 0.5) is 0 Å². The van der Waals surface area contributed by atoms with E-state index < -0.39 is 0 Å². The van der Waals surface area contributed by atoms with E-state index in [1.54, 1.807) is 7.05 Å². The second-order valence-corrected chi connectivity index (χ2v) is 7.64. The third-order valence-electron chi connectivity index (χ3n) is 4.90. The van der Waals surface area contributed by atoms with Crippen molar-refractivity contribution in [1.29, 1.82) is 0 Å². The average molecular weight is 567 g/mol. The highest BCUT2D eigenvalue weighted by Crippen LogP contribution is 2.40. The number of aliphatic imine (C=N–C) groups is 1. The summed E-state index contributed by atoms with van der Waals surface area (Å²) in [6.45, 7) is 5.55. The number of halogens is 2. The van der Waals surface area contributed by atoms with Gasteiger partial charge in [-0.1, -0.05) is 0 Å². The first-order chi connectivity index (χ1) is 13.1. The highest BCUT2D eigenvalue weighted by molar-refractivity contribution is 14.0. The highest BCUT2D eigenvalue weighted by atomic mass is 127. The number of hydrogen-bond donors (Lipinski definition) is 2. The van der Waals surface area contributed by atoms with Crippen LogP contribution in [-0.2, 0) is 11.3 Å². The number of carbonyl (C=O) groups excluding carboxylic acids is 1. The first kappa shape index (κ1) is 23.1. The van der Waals surface area contributed by atoms with Gasteiger partial charge in [0, 0.05) is 33.1 Å². The van der Waals surface area contributed by atoms with E-state index in [1.165, 1.54) is 0 Å². The third-order valence-corrected chi connectivity index (χ3v) is 5.49. The summed E-state index contributed by atoms with van der Waals surface area (Å²) in [5.41, 5.74) is 1.07. The van der Waals surface area contributed by atoms with Crippen LogP contribution >= 0.6 is 39.9 Å². The summed E-state index contributed by atoms with van der Waals surface area (Å²) >= 11 is 3.53. The number of carbonyl (C=O) groups is 1. The number of piperidine rings is 1. The molecule has 9 heteroatoms. The van der Waals surface area contributed by atoms with Crippen LogP contribution in [0.15, 0.2) is 21.6 Å². The minimum atomic E-state index is 0. The van der Waals surface area contributed by atoms with E-state index in [-0.39, 0.29) is 36.7 Å². The van der Waals surface area contributed by atoms with Crippen molar-refractivity contribution in [1.82, 2.24) is 15.5 Å². The van der Waals surface area contributed by atoms with Crippen LogP contribution in [0, 0.1) is 5.92 Å². The lowest BCUT2D eigenvalue weighted by molar-refractivity contribution is -0.121. The molecule has 1 fully saturated rings. The summed E-state index contributed by atoms with van der Waals surface area (Å²) in [5, 5.41) is 6.10. The zero-order valence-electron chi connectivity index (χ0n) is 16.3. The number of hydrogen-bond acceptors (Lipinski definition) is 4. The summed E-state index contributed by atoms with van der Waals surface area (Å²) in [6, 6.07) is 4.01. The Balaban J connectivity index is 0.00000280. The van der Waals surface area contributed by atoms with Gasteiger partial charge in [0.25, 0.3) is 0 Å². The molecule has 0 atom stereocenters. The Morgan fingerprint density at radius 1 is 1.32 bits per heavy atom. The third kappa shape index (κ3) is 5.88. The predicted molar refractivity (Wildman–Crippen MR) is 123 cm³/mol. The number of fused-ring (bicyclic) bond motifs is 1. The SMILES string of the molecule is CCNC(=NCc1cc(Br)c2c(c1)OCO2)N1CCC(CC(=O)NC)CC1.I. The van der Waals surface area contributed by atoms with Gasteiger partial charge >= 0.3 is 0 Å². The summed E-state index contributed by atoms with van der Waals surface area (Å²) in [7, 11) is 1.70. The highest BCUT2D eigenvalue weighted by Gasteiger charge is 2.23. The predicted octanol–water partition coefficient (Wildman–Crippen LogP) is 3.11. The number of ether oxygens (including phenoxy) is 2. The van der Waals surface area contributed by atoms with E-state index in [0.29, 0.717) is 18.9 Å². The Hall–Kier alpha value is -1.23. The molecule has 0 unspecified atom stereocenters. The molecule has 28 heavy (non-hydrogen) atoms. The molecule has 0 radical (unpaired) electrons. The quantitative estimate of drug-likeness (QED) is 0.325. The second kappa shape index (κ2) is 11.1. The minimum Gasteiger partial charge on any atom is -0.454 e. The van der Waals surface area contributed by atoms with Gasteiger partial charge in [-0.05, 0) is 59.3 Å². The molecule has 2 N–H and O–H groups in total. The smallest absolute Gasteiger partial charge is 0.231 e. The summed E-state index contributed by atoms with van der Waals surface area (Å²) in [5.74, 6) is 3.02. The molecule has 0 aliphatic carbocycles. The van der Waals surface area contributed by atoms with Crippen LogP contribution in [-0.4, -0.2) is 50.2 Å². The number of nitrogens with one attached hydrogen (secondary N) is 2. The van der Waals surface area contributed by atoms with Gasteiger partial charge in [-0.2, -0.15) is 0 Å². The van der Waals surface area contributed by atoms with E-state index in [9.17, 15) is 4.79 Å². The van der Waals surface area contributed by atoms with Crippen molar-refractivity contribution in [2.24, 2.45) is 10.9 Å². The zero-order chi connectivity index (χ0) is 19.2. The molecule has 1 amide bonds. The van der Waals surface area contributed by atoms with E-state index in [4.69, 9.17) is 14.5 Å². The van der Waals surface area contributed by atoms with Crippen LogP contribution < -0.4 is 20.1 Å². The molecule has 2 aliphatic rings. The minimum absolute atomic E-state index is 0. The van der Waals surface area contributed by atoms with Gasteiger partial charge in [0.15, 0.2) is 17.5 Å². The maximum absolute atomic E-state index is 11.6. The molecular formula is C19H28BrIN4O3. The van der Waals surface area contributed by atoms with Gasteiger partial charge in [0.05, 0.1) is 11.0 Å². The van der Waals surface area contributed by atoms with E-state index >= 15 is 0 Å². The number of likely N-dealkylation sites (tertiary alicyclic amines) is 1. The van der Waals surface area contributed by atoms with Gasteiger partial charge < -0.3 is 25.0 Å². The molecule has 1 aromatic carbocycles. The number of benzene rings is 1. The lowest BCUT2D eigenvalue weighted by atomic mass is 9.93. The molecule has 0 aromatic heterocycles. The van der Waals surface area contributed by atoms with Crippen molar-refractivity contribution < 1.29 is 14.3 Å². The zero-order valence-corrected chi connectivity index (χ0v) is 20.2. The van der Waals surface area contributed by atoms with Gasteiger partial charge in [-0.25, -0.2) is 4.99 Å². The molecule has 1 aromatic rings. The van der Waals surface area contributed by atoms with Crippen LogP contribution in [0.2, 0.25) is 0 Å². The fourth-order valence-electron chi connectivity index (χ4n) is 3.42. The molecule has 156 valence electrons. The number of nitrogens with zero attached hydrogens (tertiary/aromatic N) is 2. The van der Waals surface area contributed by atoms with Crippen molar-refractivity contribution in [3.05, 3.63) is 22.2 Å². The van der Waals surface area contributed by atoms with E-state index in [1.807, 2.05) is 12.1 Å².